The molecule has 0 amide bonds. The number of carbonyl (C=O) groups is 1. The molecule has 0 bridgehead atoms. The Kier molecular flexibility index (Phi) is 4.38. The maximum Gasteiger partial charge on any atom is 0.416 e. The molecule has 3 nitrogen and oxygen atoms in total. The van der Waals surface area contributed by atoms with E-state index in [0.29, 0.717) is 20.7 Å². The third-order valence-corrected chi connectivity index (χ3v) is 4.01. The molecular weight excluding hydrogens is 369 g/mol. The van der Waals surface area contributed by atoms with Gasteiger partial charge in [-0.1, -0.05) is 15.9 Å². The zero-order valence-electron chi connectivity index (χ0n) is 11.0. The standard InChI is InChI=1S/C13H10BrF3N2OS/c1-6-11(7(2)20)12(21-19-6)18-10-4-8(13(15,16)17)3-9(14)5-10/h3-5,18H,1-2H3. The summed E-state index contributed by atoms with van der Waals surface area (Å²) in [4.78, 5) is 11.6. The Labute approximate surface area is 131 Å². The van der Waals surface area contributed by atoms with E-state index in [-0.39, 0.29) is 11.5 Å². The molecule has 2 rings (SSSR count). The largest absolute Gasteiger partial charge is 0.416 e. The van der Waals surface area contributed by atoms with Crippen molar-refractivity contribution in [2.75, 3.05) is 5.32 Å². The van der Waals surface area contributed by atoms with E-state index in [1.54, 1.807) is 6.92 Å². The molecule has 0 radical (unpaired) electrons. The summed E-state index contributed by atoms with van der Waals surface area (Å²) in [7, 11) is 0. The molecule has 0 spiro atoms. The molecule has 0 fully saturated rings. The summed E-state index contributed by atoms with van der Waals surface area (Å²) in [5, 5.41) is 3.27. The molecule has 1 heterocycles. The molecule has 8 heteroatoms. The molecule has 112 valence electrons. The Morgan fingerprint density at radius 3 is 2.57 bits per heavy atom. The number of Topliss-reactive ketones (excluding diaryl/α,β-unsaturated/α-hetero) is 1. The van der Waals surface area contributed by atoms with E-state index >= 15 is 0 Å². The summed E-state index contributed by atoms with van der Waals surface area (Å²) in [6.07, 6.45) is -4.44. The van der Waals surface area contributed by atoms with Crippen molar-refractivity contribution in [3.8, 4) is 0 Å². The molecule has 0 aliphatic heterocycles. The van der Waals surface area contributed by atoms with Gasteiger partial charge in [0, 0.05) is 10.2 Å². The highest BCUT2D eigenvalue weighted by molar-refractivity contribution is 9.10. The summed E-state index contributed by atoms with van der Waals surface area (Å²) in [5.41, 5.74) is 0.419. The molecule has 0 saturated heterocycles. The monoisotopic (exact) mass is 378 g/mol. The van der Waals surface area contributed by atoms with Gasteiger partial charge in [0.05, 0.1) is 16.8 Å². The lowest BCUT2D eigenvalue weighted by molar-refractivity contribution is -0.137. The topological polar surface area (TPSA) is 42.0 Å². The zero-order valence-corrected chi connectivity index (χ0v) is 13.4. The molecule has 0 aliphatic rings. The minimum absolute atomic E-state index is 0.185. The number of hydrogen-bond donors (Lipinski definition) is 1. The van der Waals surface area contributed by atoms with Crippen LogP contribution in [0.5, 0.6) is 0 Å². The van der Waals surface area contributed by atoms with Crippen LogP contribution in [-0.4, -0.2) is 10.2 Å². The summed E-state index contributed by atoms with van der Waals surface area (Å²) in [5.74, 6) is -0.185. The normalized spacial score (nSPS) is 11.5. The van der Waals surface area contributed by atoms with Gasteiger partial charge in [-0.05, 0) is 43.6 Å². The van der Waals surface area contributed by atoms with Gasteiger partial charge >= 0.3 is 6.18 Å². The first-order chi connectivity index (χ1) is 9.68. The average Bonchev–Trinajstić information content (AvgIpc) is 2.68. The highest BCUT2D eigenvalue weighted by atomic mass is 79.9. The van der Waals surface area contributed by atoms with Crippen molar-refractivity contribution >= 4 is 43.9 Å². The molecule has 1 aromatic heterocycles. The first kappa shape index (κ1) is 16.0. The van der Waals surface area contributed by atoms with Crippen LogP contribution in [-0.2, 0) is 6.18 Å². The second-order valence-electron chi connectivity index (χ2n) is 4.38. The first-order valence-corrected chi connectivity index (χ1v) is 7.37. The fraction of sp³-hybridized carbons (Fsp3) is 0.231. The molecular formula is C13H10BrF3N2OS. The number of alkyl halides is 3. The lowest BCUT2D eigenvalue weighted by Gasteiger charge is -2.11. The summed E-state index contributed by atoms with van der Waals surface area (Å²) >= 11 is 4.09. The van der Waals surface area contributed by atoms with Crippen LogP contribution in [0.3, 0.4) is 0 Å². The number of anilines is 2. The van der Waals surface area contributed by atoms with Crippen molar-refractivity contribution in [2.24, 2.45) is 0 Å². The van der Waals surface area contributed by atoms with E-state index in [9.17, 15) is 18.0 Å². The maximum atomic E-state index is 12.8. The van der Waals surface area contributed by atoms with Gasteiger partial charge in [0.1, 0.15) is 5.00 Å². The first-order valence-electron chi connectivity index (χ1n) is 5.80. The van der Waals surface area contributed by atoms with E-state index in [2.05, 4.69) is 25.6 Å². The molecule has 1 N–H and O–H groups in total. The van der Waals surface area contributed by atoms with Crippen molar-refractivity contribution in [3.63, 3.8) is 0 Å². The Balaban J connectivity index is 2.41. The maximum absolute atomic E-state index is 12.8. The Morgan fingerprint density at radius 2 is 2.00 bits per heavy atom. The van der Waals surface area contributed by atoms with Crippen LogP contribution in [0.1, 0.15) is 28.5 Å². The highest BCUT2D eigenvalue weighted by Gasteiger charge is 2.31. The Hall–Kier alpha value is -1.41. The number of benzene rings is 1. The second kappa shape index (κ2) is 5.76. The van der Waals surface area contributed by atoms with E-state index in [1.165, 1.54) is 13.0 Å². The summed E-state index contributed by atoms with van der Waals surface area (Å²) in [6, 6.07) is 3.49. The third kappa shape index (κ3) is 3.62. The van der Waals surface area contributed by atoms with E-state index < -0.39 is 11.7 Å². The Morgan fingerprint density at radius 1 is 1.33 bits per heavy atom. The van der Waals surface area contributed by atoms with E-state index in [1.807, 2.05) is 0 Å². The van der Waals surface area contributed by atoms with Crippen LogP contribution in [0.2, 0.25) is 0 Å². The smallest absolute Gasteiger partial charge is 0.345 e. The minimum Gasteiger partial charge on any atom is -0.345 e. The highest BCUT2D eigenvalue weighted by Crippen LogP contribution is 2.35. The zero-order chi connectivity index (χ0) is 15.8. The van der Waals surface area contributed by atoms with Crippen molar-refractivity contribution in [3.05, 3.63) is 39.5 Å². The third-order valence-electron chi connectivity index (χ3n) is 2.70. The number of hydrogen-bond acceptors (Lipinski definition) is 4. The predicted octanol–water partition coefficient (Wildman–Crippen LogP) is 5.18. The van der Waals surface area contributed by atoms with Gasteiger partial charge in [-0.2, -0.15) is 17.5 Å². The number of aryl methyl sites for hydroxylation is 1. The second-order valence-corrected chi connectivity index (χ2v) is 6.07. The number of nitrogens with one attached hydrogen (secondary N) is 1. The lowest BCUT2D eigenvalue weighted by Crippen LogP contribution is -2.06. The number of ketones is 1. The Bertz CT molecular complexity index is 697. The number of nitrogens with zero attached hydrogens (tertiary/aromatic N) is 1. The molecule has 21 heavy (non-hydrogen) atoms. The summed E-state index contributed by atoms with van der Waals surface area (Å²) < 4.78 is 42.7. The van der Waals surface area contributed by atoms with Gasteiger partial charge in [0.2, 0.25) is 0 Å². The van der Waals surface area contributed by atoms with Crippen molar-refractivity contribution < 1.29 is 18.0 Å². The number of halogens is 4. The van der Waals surface area contributed by atoms with Crippen LogP contribution >= 0.6 is 27.5 Å². The van der Waals surface area contributed by atoms with Gasteiger partial charge in [0.25, 0.3) is 0 Å². The molecule has 0 aliphatic carbocycles. The van der Waals surface area contributed by atoms with Gasteiger partial charge in [-0.25, -0.2) is 0 Å². The van der Waals surface area contributed by atoms with Crippen LogP contribution in [0, 0.1) is 6.92 Å². The fourth-order valence-electron chi connectivity index (χ4n) is 1.83. The molecule has 0 unspecified atom stereocenters. The fourth-order valence-corrected chi connectivity index (χ4v) is 3.19. The minimum atomic E-state index is -4.44. The predicted molar refractivity (Wildman–Crippen MR) is 79.3 cm³/mol. The SMILES string of the molecule is CC(=O)c1c(C)nsc1Nc1cc(Br)cc(C(F)(F)F)c1. The van der Waals surface area contributed by atoms with Crippen molar-refractivity contribution in [1.82, 2.24) is 4.37 Å². The number of aromatic nitrogens is 1. The number of carbonyl (C=O) groups excluding carboxylic acids is 1. The summed E-state index contributed by atoms with van der Waals surface area (Å²) in [6.45, 7) is 3.07. The molecule has 0 saturated carbocycles. The van der Waals surface area contributed by atoms with Gasteiger partial charge in [-0.3, -0.25) is 4.79 Å². The number of rotatable bonds is 3. The molecule has 2 aromatic rings. The molecule has 0 atom stereocenters. The van der Waals surface area contributed by atoms with Crippen LogP contribution in [0.4, 0.5) is 23.9 Å². The van der Waals surface area contributed by atoms with Crippen molar-refractivity contribution in [2.45, 2.75) is 20.0 Å². The average molecular weight is 379 g/mol. The quantitative estimate of drug-likeness (QED) is 0.748. The van der Waals surface area contributed by atoms with E-state index in [4.69, 9.17) is 0 Å². The lowest BCUT2D eigenvalue weighted by atomic mass is 10.1. The van der Waals surface area contributed by atoms with Crippen LogP contribution < -0.4 is 5.32 Å². The van der Waals surface area contributed by atoms with Gasteiger partial charge in [0.15, 0.2) is 5.78 Å². The van der Waals surface area contributed by atoms with Gasteiger partial charge < -0.3 is 5.32 Å². The molecule has 1 aromatic carbocycles. The van der Waals surface area contributed by atoms with E-state index in [0.717, 1.165) is 23.7 Å². The van der Waals surface area contributed by atoms with Crippen LogP contribution in [0.15, 0.2) is 22.7 Å². The van der Waals surface area contributed by atoms with Crippen LogP contribution in [0.25, 0.3) is 0 Å². The van der Waals surface area contributed by atoms with Crippen molar-refractivity contribution in [1.29, 1.82) is 0 Å². The van der Waals surface area contributed by atoms with Gasteiger partial charge in [-0.15, -0.1) is 0 Å².